The molecule has 0 atom stereocenters. The van der Waals surface area contributed by atoms with Crippen LogP contribution in [0.3, 0.4) is 0 Å². The molecule has 2 aromatic rings. The summed E-state index contributed by atoms with van der Waals surface area (Å²) in [6, 6.07) is 12.9. The van der Waals surface area contributed by atoms with Crippen LogP contribution in [0.5, 0.6) is 0 Å². The van der Waals surface area contributed by atoms with Gasteiger partial charge in [0.15, 0.2) is 0 Å². The number of nitrogens with zero attached hydrogens (tertiary/aromatic N) is 2. The number of aromatic nitrogens is 1. The van der Waals surface area contributed by atoms with Crippen LogP contribution in [0, 0.1) is 6.92 Å². The van der Waals surface area contributed by atoms with Gasteiger partial charge in [-0.05, 0) is 42.5 Å². The van der Waals surface area contributed by atoms with E-state index in [4.69, 9.17) is 0 Å². The van der Waals surface area contributed by atoms with E-state index in [1.165, 1.54) is 22.4 Å². The van der Waals surface area contributed by atoms with E-state index in [0.717, 1.165) is 0 Å². The highest BCUT2D eigenvalue weighted by atomic mass is 15.2. The molecule has 3 rings (SSSR count). The van der Waals surface area contributed by atoms with Crippen LogP contribution in [-0.2, 0) is 7.05 Å². The molecule has 2 nitrogen and oxygen atoms in total. The van der Waals surface area contributed by atoms with Gasteiger partial charge in [-0.15, -0.1) is 0 Å². The second-order valence-electron chi connectivity index (χ2n) is 5.20. The first-order valence-corrected chi connectivity index (χ1v) is 6.68. The van der Waals surface area contributed by atoms with Crippen molar-refractivity contribution in [3.63, 3.8) is 0 Å². The van der Waals surface area contributed by atoms with E-state index in [1.807, 2.05) is 0 Å². The quantitative estimate of drug-likeness (QED) is 0.554. The zero-order valence-corrected chi connectivity index (χ0v) is 11.7. The molecule has 0 amide bonds. The molecule has 1 aromatic carbocycles. The molecule has 0 spiro atoms. The standard InChI is InChI=1S/C16H18BN2/c1-13-8-9-16(18(3)12-13)19-11-10-14-6-4-5-7-15(14)17(19)2/h4-12H,1-3H3/q+1. The van der Waals surface area contributed by atoms with Crippen LogP contribution in [0.25, 0.3) is 6.08 Å². The molecule has 0 fully saturated rings. The molecule has 1 aliphatic heterocycles. The fourth-order valence-corrected chi connectivity index (χ4v) is 2.76. The van der Waals surface area contributed by atoms with Gasteiger partial charge in [0.25, 0.3) is 5.82 Å². The minimum absolute atomic E-state index is 0.357. The van der Waals surface area contributed by atoms with Crippen molar-refractivity contribution in [1.29, 1.82) is 0 Å². The molecule has 0 radical (unpaired) electrons. The monoisotopic (exact) mass is 249 g/mol. The Balaban J connectivity index is 2.05. The molecule has 0 saturated carbocycles. The second-order valence-corrected chi connectivity index (χ2v) is 5.20. The van der Waals surface area contributed by atoms with Crippen molar-refractivity contribution in [1.82, 2.24) is 0 Å². The summed E-state index contributed by atoms with van der Waals surface area (Å²) in [5.41, 5.74) is 3.98. The van der Waals surface area contributed by atoms with Gasteiger partial charge in [-0.2, -0.15) is 0 Å². The van der Waals surface area contributed by atoms with Crippen LogP contribution in [0.4, 0.5) is 5.82 Å². The van der Waals surface area contributed by atoms with Gasteiger partial charge in [0.2, 0.25) is 0 Å². The summed E-state index contributed by atoms with van der Waals surface area (Å²) in [5.74, 6) is 1.21. The summed E-state index contributed by atoms with van der Waals surface area (Å²) in [4.78, 5) is 2.32. The maximum atomic E-state index is 2.32. The summed E-state index contributed by atoms with van der Waals surface area (Å²) in [5, 5.41) is 0. The van der Waals surface area contributed by atoms with Gasteiger partial charge in [-0.1, -0.05) is 24.3 Å². The summed E-state index contributed by atoms with van der Waals surface area (Å²) >= 11 is 0. The van der Waals surface area contributed by atoms with Crippen molar-refractivity contribution < 1.29 is 4.57 Å². The molecule has 0 bridgehead atoms. The van der Waals surface area contributed by atoms with Crippen molar-refractivity contribution in [2.45, 2.75) is 13.7 Å². The van der Waals surface area contributed by atoms with Crippen LogP contribution in [0.1, 0.15) is 11.1 Å². The van der Waals surface area contributed by atoms with E-state index in [-0.39, 0.29) is 0 Å². The maximum Gasteiger partial charge on any atom is 0.409 e. The molecule has 0 saturated heterocycles. The third-order valence-corrected chi connectivity index (χ3v) is 3.80. The Morgan fingerprint density at radius 1 is 1.11 bits per heavy atom. The highest BCUT2D eigenvalue weighted by Crippen LogP contribution is 2.17. The summed E-state index contributed by atoms with van der Waals surface area (Å²) < 4.78 is 2.18. The largest absolute Gasteiger partial charge is 0.409 e. The predicted octanol–water partition coefficient (Wildman–Crippen LogP) is 2.14. The molecule has 2 heterocycles. The Bertz CT molecular complexity index is 649. The van der Waals surface area contributed by atoms with Crippen LogP contribution >= 0.6 is 0 Å². The number of fused-ring (bicyclic) bond motifs is 1. The lowest BCUT2D eigenvalue weighted by Crippen LogP contribution is -2.51. The highest BCUT2D eigenvalue weighted by Gasteiger charge is 2.32. The molecule has 0 N–H and O–H groups in total. The molecule has 3 heteroatoms. The van der Waals surface area contributed by atoms with Crippen LogP contribution in [-0.4, -0.2) is 6.85 Å². The Labute approximate surface area is 115 Å². The summed E-state index contributed by atoms with van der Waals surface area (Å²) in [6.07, 6.45) is 6.53. The topological polar surface area (TPSA) is 7.12 Å². The van der Waals surface area contributed by atoms with E-state index < -0.39 is 0 Å². The number of hydrogen-bond donors (Lipinski definition) is 0. The molecule has 0 unspecified atom stereocenters. The van der Waals surface area contributed by atoms with Gasteiger partial charge in [0, 0.05) is 6.07 Å². The van der Waals surface area contributed by atoms with E-state index in [1.54, 1.807) is 0 Å². The van der Waals surface area contributed by atoms with Crippen molar-refractivity contribution in [2.24, 2.45) is 7.05 Å². The van der Waals surface area contributed by atoms with Gasteiger partial charge in [0.1, 0.15) is 0 Å². The van der Waals surface area contributed by atoms with E-state index in [9.17, 15) is 0 Å². The molecule has 94 valence electrons. The predicted molar refractivity (Wildman–Crippen MR) is 81.6 cm³/mol. The fourth-order valence-electron chi connectivity index (χ4n) is 2.76. The minimum Gasteiger partial charge on any atom is -0.293 e. The third kappa shape index (κ3) is 2.05. The van der Waals surface area contributed by atoms with Gasteiger partial charge >= 0.3 is 6.85 Å². The fraction of sp³-hybridized carbons (Fsp3) is 0.188. The molecule has 1 aromatic heterocycles. The number of hydrogen-bond acceptors (Lipinski definition) is 1. The minimum atomic E-state index is 0.357. The van der Waals surface area contributed by atoms with Crippen molar-refractivity contribution in [2.75, 3.05) is 4.81 Å². The normalized spacial score (nSPS) is 13.6. The Morgan fingerprint density at radius 3 is 2.68 bits per heavy atom. The van der Waals surface area contributed by atoms with Crippen molar-refractivity contribution in [3.05, 3.63) is 59.9 Å². The van der Waals surface area contributed by atoms with Crippen molar-refractivity contribution in [3.8, 4) is 0 Å². The van der Waals surface area contributed by atoms with E-state index in [0.29, 0.717) is 6.85 Å². The van der Waals surface area contributed by atoms with Crippen LogP contribution < -0.4 is 14.8 Å². The summed E-state index contributed by atoms with van der Waals surface area (Å²) in [7, 11) is 2.10. The van der Waals surface area contributed by atoms with Crippen molar-refractivity contribution >= 4 is 24.2 Å². The first kappa shape index (κ1) is 12.0. The molecule has 0 aliphatic carbocycles. The lowest BCUT2D eigenvalue weighted by atomic mass is 9.54. The Hall–Kier alpha value is -2.03. The maximum absolute atomic E-state index is 2.32. The van der Waals surface area contributed by atoms with Gasteiger partial charge in [-0.25, -0.2) is 4.57 Å². The first-order valence-electron chi connectivity index (χ1n) is 6.68. The zero-order chi connectivity index (χ0) is 13.4. The SMILES string of the molecule is CB1c2ccccc2C=CN1c1ccc(C)c[n+]1C. The zero-order valence-electron chi connectivity index (χ0n) is 11.7. The highest BCUT2D eigenvalue weighted by molar-refractivity contribution is 6.77. The van der Waals surface area contributed by atoms with E-state index >= 15 is 0 Å². The number of aryl methyl sites for hydroxylation is 2. The number of pyridine rings is 1. The first-order chi connectivity index (χ1) is 9.16. The van der Waals surface area contributed by atoms with Gasteiger partial charge < -0.3 is 0 Å². The van der Waals surface area contributed by atoms with Gasteiger partial charge in [0.05, 0.1) is 19.4 Å². The molecular weight excluding hydrogens is 231 g/mol. The molecular formula is C16H18BN2+. The number of rotatable bonds is 1. The van der Waals surface area contributed by atoms with Crippen LogP contribution in [0.2, 0.25) is 6.82 Å². The second kappa shape index (κ2) is 4.58. The lowest BCUT2D eigenvalue weighted by Gasteiger charge is -2.24. The Morgan fingerprint density at radius 2 is 1.89 bits per heavy atom. The number of benzene rings is 1. The average Bonchev–Trinajstić information content (AvgIpc) is 2.41. The van der Waals surface area contributed by atoms with E-state index in [2.05, 4.69) is 85.0 Å². The number of anilines is 1. The molecule has 19 heavy (non-hydrogen) atoms. The van der Waals surface area contributed by atoms with Crippen LogP contribution in [0.15, 0.2) is 48.8 Å². The molecule has 1 aliphatic rings. The average molecular weight is 249 g/mol. The van der Waals surface area contributed by atoms with Gasteiger partial charge in [-0.3, -0.25) is 4.81 Å². The lowest BCUT2D eigenvalue weighted by molar-refractivity contribution is -0.658. The smallest absolute Gasteiger partial charge is 0.293 e. The Kier molecular flexibility index (Phi) is 2.90. The summed E-state index contributed by atoms with van der Waals surface area (Å²) in [6.45, 7) is 4.73. The third-order valence-electron chi connectivity index (χ3n) is 3.80.